The molecule has 1 aliphatic rings. The molecule has 0 saturated carbocycles. The Kier molecular flexibility index (Phi) is 13.6. The molecule has 1 heterocycles. The van der Waals surface area contributed by atoms with Gasteiger partial charge in [0.25, 0.3) is 0 Å². The van der Waals surface area contributed by atoms with Crippen LogP contribution in [0.5, 0.6) is 0 Å². The molecule has 1 aliphatic heterocycles. The van der Waals surface area contributed by atoms with Crippen LogP contribution in [0.4, 0.5) is 0 Å². The number of unbranched alkanes of at least 4 members (excludes halogenated alkanes) is 10. The zero-order valence-corrected chi connectivity index (χ0v) is 18.6. The molecule has 0 radical (unpaired) electrons. The van der Waals surface area contributed by atoms with Crippen molar-refractivity contribution in [2.24, 2.45) is 5.92 Å². The fraction of sp³-hybridized carbons (Fsp3) is 1.00. The summed E-state index contributed by atoms with van der Waals surface area (Å²) in [6.45, 7) is 6.63. The number of rotatable bonds is 17. The summed E-state index contributed by atoms with van der Waals surface area (Å²) in [5.74, 6) is -1.25. The van der Waals surface area contributed by atoms with Gasteiger partial charge in [-0.15, -0.1) is 0 Å². The van der Waals surface area contributed by atoms with Crippen LogP contribution in [0.3, 0.4) is 0 Å². The van der Waals surface area contributed by atoms with Crippen LogP contribution in [-0.4, -0.2) is 52.6 Å². The van der Waals surface area contributed by atoms with Crippen LogP contribution in [-0.2, 0) is 9.47 Å². The molecule has 0 spiro atoms. The van der Waals surface area contributed by atoms with Crippen LogP contribution in [0.2, 0.25) is 0 Å². The van der Waals surface area contributed by atoms with E-state index in [2.05, 4.69) is 13.8 Å². The number of hydrogen-bond donors (Lipinski definition) is 3. The summed E-state index contributed by atoms with van der Waals surface area (Å²) in [5, 5.41) is 30.5. The molecule has 0 aromatic carbocycles. The van der Waals surface area contributed by atoms with Crippen molar-refractivity contribution < 1.29 is 24.8 Å². The molecule has 0 bridgehead atoms. The average Bonchev–Trinajstić information content (AvgIpc) is 2.95. The van der Waals surface area contributed by atoms with Crippen LogP contribution in [0.1, 0.15) is 104 Å². The molecule has 5 nitrogen and oxygen atoms in total. The van der Waals surface area contributed by atoms with Crippen molar-refractivity contribution in [3.05, 3.63) is 0 Å². The second-order valence-corrected chi connectivity index (χ2v) is 8.57. The number of aliphatic hydroxyl groups is 3. The van der Waals surface area contributed by atoms with E-state index in [0.29, 0.717) is 6.61 Å². The first-order valence-electron chi connectivity index (χ1n) is 11.8. The summed E-state index contributed by atoms with van der Waals surface area (Å²) in [5.41, 5.74) is 0. The third kappa shape index (κ3) is 7.91. The minimum absolute atomic E-state index is 0.0420. The minimum atomic E-state index is -1.21. The van der Waals surface area contributed by atoms with Gasteiger partial charge in [0.05, 0.1) is 13.2 Å². The Hall–Kier alpha value is -0.200. The highest BCUT2D eigenvalue weighted by Gasteiger charge is 2.57. The molecule has 3 N–H and O–H groups in total. The topological polar surface area (TPSA) is 79.2 Å². The summed E-state index contributed by atoms with van der Waals surface area (Å²) in [6, 6.07) is 0. The van der Waals surface area contributed by atoms with Crippen molar-refractivity contribution in [3.8, 4) is 0 Å². The van der Waals surface area contributed by atoms with Crippen LogP contribution in [0.25, 0.3) is 0 Å². The molecule has 1 rings (SSSR count). The highest BCUT2D eigenvalue weighted by Crippen LogP contribution is 2.40. The normalized spacial score (nSPS) is 28.7. The lowest BCUT2D eigenvalue weighted by Crippen LogP contribution is -2.50. The van der Waals surface area contributed by atoms with Gasteiger partial charge in [0.15, 0.2) is 5.79 Å². The molecule has 1 saturated heterocycles. The zero-order valence-electron chi connectivity index (χ0n) is 18.6. The Labute approximate surface area is 172 Å². The van der Waals surface area contributed by atoms with Crippen molar-refractivity contribution in [2.45, 2.75) is 128 Å². The number of hydrogen-bond acceptors (Lipinski definition) is 5. The van der Waals surface area contributed by atoms with E-state index in [1.807, 2.05) is 6.92 Å². The standard InChI is InChI=1S/C23H46O5/c1-4-6-8-10-11-12-13-15-17-27-23(19(3)16-14-9-7-5-2)22(26)21(25)20(18-24)28-23/h19-22,24-26H,4-18H2,1-3H3/t19?,20-,21+,22-,23?/m1/s1. The Balaban J connectivity index is 2.48. The highest BCUT2D eigenvalue weighted by molar-refractivity contribution is 4.99. The molecule has 0 amide bonds. The Morgan fingerprint density at radius 2 is 1.39 bits per heavy atom. The second-order valence-electron chi connectivity index (χ2n) is 8.57. The minimum Gasteiger partial charge on any atom is -0.394 e. The molecule has 28 heavy (non-hydrogen) atoms. The van der Waals surface area contributed by atoms with E-state index >= 15 is 0 Å². The lowest BCUT2D eigenvalue weighted by molar-refractivity contribution is -0.287. The van der Waals surface area contributed by atoms with E-state index in [0.717, 1.165) is 32.1 Å². The SMILES string of the molecule is CCCCCCCCCCOC1(C(C)CCCCCC)O[C@H](CO)[C@H](O)[C@H]1O. The highest BCUT2D eigenvalue weighted by atomic mass is 16.7. The van der Waals surface area contributed by atoms with Crippen LogP contribution < -0.4 is 0 Å². The maximum absolute atomic E-state index is 10.7. The molecule has 5 heteroatoms. The number of aliphatic hydroxyl groups excluding tert-OH is 3. The Morgan fingerprint density at radius 3 is 1.93 bits per heavy atom. The molecule has 1 fully saturated rings. The van der Waals surface area contributed by atoms with Crippen molar-refractivity contribution in [3.63, 3.8) is 0 Å². The lowest BCUT2D eigenvalue weighted by Gasteiger charge is -2.37. The number of ether oxygens (including phenoxy) is 2. The van der Waals surface area contributed by atoms with Crippen molar-refractivity contribution >= 4 is 0 Å². The Morgan fingerprint density at radius 1 is 0.857 bits per heavy atom. The summed E-state index contributed by atoms with van der Waals surface area (Å²) in [4.78, 5) is 0. The predicted molar refractivity (Wildman–Crippen MR) is 113 cm³/mol. The van der Waals surface area contributed by atoms with Gasteiger partial charge in [0, 0.05) is 5.92 Å². The maximum Gasteiger partial charge on any atom is 0.200 e. The molecule has 2 unspecified atom stereocenters. The summed E-state index contributed by atoms with van der Waals surface area (Å²) < 4.78 is 12.1. The van der Waals surface area contributed by atoms with E-state index in [1.54, 1.807) is 0 Å². The lowest BCUT2D eigenvalue weighted by atomic mass is 9.89. The smallest absolute Gasteiger partial charge is 0.200 e. The monoisotopic (exact) mass is 402 g/mol. The predicted octanol–water partition coefficient (Wildman–Crippen LogP) is 4.56. The van der Waals surface area contributed by atoms with E-state index in [-0.39, 0.29) is 12.5 Å². The molecular formula is C23H46O5. The van der Waals surface area contributed by atoms with Gasteiger partial charge in [-0.3, -0.25) is 0 Å². The summed E-state index contributed by atoms with van der Waals surface area (Å²) in [7, 11) is 0. The van der Waals surface area contributed by atoms with E-state index in [1.165, 1.54) is 51.4 Å². The van der Waals surface area contributed by atoms with Gasteiger partial charge in [-0.25, -0.2) is 0 Å². The Bertz CT molecular complexity index is 378. The maximum atomic E-state index is 10.7. The molecule has 0 aliphatic carbocycles. The van der Waals surface area contributed by atoms with Crippen molar-refractivity contribution in [1.82, 2.24) is 0 Å². The molecule has 5 atom stereocenters. The van der Waals surface area contributed by atoms with Gasteiger partial charge in [0.1, 0.15) is 18.3 Å². The van der Waals surface area contributed by atoms with E-state index in [9.17, 15) is 15.3 Å². The second kappa shape index (κ2) is 14.7. The van der Waals surface area contributed by atoms with Gasteiger partial charge < -0.3 is 24.8 Å². The van der Waals surface area contributed by atoms with Crippen molar-refractivity contribution in [1.29, 1.82) is 0 Å². The third-order valence-corrected chi connectivity index (χ3v) is 6.14. The fourth-order valence-electron chi connectivity index (χ4n) is 4.18. The van der Waals surface area contributed by atoms with Gasteiger partial charge in [-0.05, 0) is 12.8 Å². The quantitative estimate of drug-likeness (QED) is 0.311. The van der Waals surface area contributed by atoms with Gasteiger partial charge >= 0.3 is 0 Å². The first kappa shape index (κ1) is 25.8. The van der Waals surface area contributed by atoms with Crippen LogP contribution >= 0.6 is 0 Å². The molecule has 168 valence electrons. The van der Waals surface area contributed by atoms with E-state index < -0.39 is 24.1 Å². The van der Waals surface area contributed by atoms with Gasteiger partial charge in [0.2, 0.25) is 0 Å². The molecule has 0 aromatic heterocycles. The summed E-state index contributed by atoms with van der Waals surface area (Å²) >= 11 is 0. The van der Waals surface area contributed by atoms with Crippen LogP contribution in [0.15, 0.2) is 0 Å². The van der Waals surface area contributed by atoms with Gasteiger partial charge in [-0.1, -0.05) is 91.4 Å². The van der Waals surface area contributed by atoms with E-state index in [4.69, 9.17) is 9.47 Å². The first-order chi connectivity index (χ1) is 13.5. The summed E-state index contributed by atoms with van der Waals surface area (Å²) in [6.07, 6.45) is 12.2. The molecular weight excluding hydrogens is 356 g/mol. The third-order valence-electron chi connectivity index (χ3n) is 6.14. The zero-order chi connectivity index (χ0) is 20.8. The van der Waals surface area contributed by atoms with Crippen LogP contribution in [0, 0.1) is 5.92 Å². The molecule has 0 aromatic rings. The first-order valence-corrected chi connectivity index (χ1v) is 11.8. The van der Waals surface area contributed by atoms with Gasteiger partial charge in [-0.2, -0.15) is 0 Å². The fourth-order valence-corrected chi connectivity index (χ4v) is 4.18. The van der Waals surface area contributed by atoms with Crippen molar-refractivity contribution in [2.75, 3.05) is 13.2 Å². The largest absolute Gasteiger partial charge is 0.394 e. The average molecular weight is 403 g/mol.